The molecule has 4 nitrogen and oxygen atoms in total. The van der Waals surface area contributed by atoms with Crippen LogP contribution in [0, 0.1) is 12.7 Å². The molecule has 1 N–H and O–H groups in total. The topological polar surface area (TPSA) is 59.3 Å². The molecular formula is C14H12FNO3. The van der Waals surface area contributed by atoms with Crippen molar-refractivity contribution in [2.75, 3.05) is 0 Å². The van der Waals surface area contributed by atoms with E-state index in [9.17, 15) is 14.0 Å². The minimum Gasteiger partial charge on any atom is -0.478 e. The Morgan fingerprint density at radius 3 is 2.68 bits per heavy atom. The lowest BCUT2D eigenvalue weighted by atomic mass is 10.1. The lowest BCUT2D eigenvalue weighted by Gasteiger charge is -2.10. The average Bonchev–Trinajstić information content (AvgIpc) is 2.33. The molecule has 0 radical (unpaired) electrons. The van der Waals surface area contributed by atoms with Crippen molar-refractivity contribution in [1.29, 1.82) is 0 Å². The molecular weight excluding hydrogens is 249 g/mol. The highest BCUT2D eigenvalue weighted by molar-refractivity contribution is 5.87. The summed E-state index contributed by atoms with van der Waals surface area (Å²) in [5.74, 6) is -1.82. The maximum atomic E-state index is 13.3. The first-order valence-corrected chi connectivity index (χ1v) is 5.66. The summed E-state index contributed by atoms with van der Waals surface area (Å²) in [5, 5.41) is 8.87. The molecule has 0 aliphatic carbocycles. The predicted molar refractivity (Wildman–Crippen MR) is 67.9 cm³/mol. The Morgan fingerprint density at radius 2 is 2.05 bits per heavy atom. The number of rotatable bonds is 3. The highest BCUT2D eigenvalue weighted by Gasteiger charge is 2.08. The third-order valence-electron chi connectivity index (χ3n) is 2.81. The lowest BCUT2D eigenvalue weighted by molar-refractivity contribution is 0.0696. The van der Waals surface area contributed by atoms with Crippen molar-refractivity contribution in [2.24, 2.45) is 0 Å². The van der Waals surface area contributed by atoms with Crippen molar-refractivity contribution in [3.63, 3.8) is 0 Å². The fourth-order valence-corrected chi connectivity index (χ4v) is 1.87. The van der Waals surface area contributed by atoms with E-state index < -0.39 is 11.8 Å². The van der Waals surface area contributed by atoms with Gasteiger partial charge in [-0.3, -0.25) is 4.79 Å². The number of halogens is 1. The maximum absolute atomic E-state index is 13.3. The van der Waals surface area contributed by atoms with Crippen LogP contribution in [0.1, 0.15) is 21.6 Å². The van der Waals surface area contributed by atoms with E-state index in [1.54, 1.807) is 19.1 Å². The van der Waals surface area contributed by atoms with Crippen LogP contribution in [0.15, 0.2) is 41.2 Å². The molecule has 0 unspecified atom stereocenters. The highest BCUT2D eigenvalue weighted by atomic mass is 19.1. The summed E-state index contributed by atoms with van der Waals surface area (Å²) in [6.45, 7) is 1.91. The van der Waals surface area contributed by atoms with E-state index >= 15 is 0 Å². The molecule has 2 rings (SSSR count). The molecule has 1 aromatic carbocycles. The SMILES string of the molecule is Cc1cccc(=O)n1Cc1cc(F)cc(C(=O)O)c1. The first-order valence-electron chi connectivity index (χ1n) is 5.66. The Kier molecular flexibility index (Phi) is 3.46. The fourth-order valence-electron chi connectivity index (χ4n) is 1.87. The van der Waals surface area contributed by atoms with Crippen LogP contribution in [0.25, 0.3) is 0 Å². The van der Waals surface area contributed by atoms with E-state index in [2.05, 4.69) is 0 Å². The fraction of sp³-hybridized carbons (Fsp3) is 0.143. The number of aromatic carboxylic acids is 1. The second-order valence-corrected chi connectivity index (χ2v) is 4.24. The molecule has 0 saturated heterocycles. The Morgan fingerprint density at radius 1 is 1.32 bits per heavy atom. The number of carboxylic acids is 1. The molecule has 0 aliphatic heterocycles. The van der Waals surface area contributed by atoms with Gasteiger partial charge < -0.3 is 9.67 Å². The summed E-state index contributed by atoms with van der Waals surface area (Å²) in [4.78, 5) is 22.6. The first-order chi connectivity index (χ1) is 8.97. The third kappa shape index (κ3) is 2.88. The van der Waals surface area contributed by atoms with Crippen LogP contribution in [-0.4, -0.2) is 15.6 Å². The molecule has 1 aromatic heterocycles. The van der Waals surface area contributed by atoms with Crippen LogP contribution in [0.3, 0.4) is 0 Å². The number of pyridine rings is 1. The second kappa shape index (κ2) is 5.06. The van der Waals surface area contributed by atoms with Crippen LogP contribution in [0.4, 0.5) is 4.39 Å². The molecule has 5 heteroatoms. The predicted octanol–water partition coefficient (Wildman–Crippen LogP) is 2.04. The van der Waals surface area contributed by atoms with Gasteiger partial charge in [0.05, 0.1) is 12.1 Å². The Hall–Kier alpha value is -2.43. The minimum atomic E-state index is -1.20. The number of carbonyl (C=O) groups is 1. The smallest absolute Gasteiger partial charge is 0.335 e. The minimum absolute atomic E-state index is 0.128. The molecule has 0 amide bonds. The van der Waals surface area contributed by atoms with Gasteiger partial charge in [0.1, 0.15) is 5.82 Å². The quantitative estimate of drug-likeness (QED) is 0.919. The van der Waals surface area contributed by atoms with E-state index in [1.807, 2.05) is 0 Å². The number of aromatic nitrogens is 1. The average molecular weight is 261 g/mol. The van der Waals surface area contributed by atoms with Gasteiger partial charge in [0, 0.05) is 11.8 Å². The van der Waals surface area contributed by atoms with Gasteiger partial charge in [-0.2, -0.15) is 0 Å². The molecule has 1 heterocycles. The monoisotopic (exact) mass is 261 g/mol. The zero-order valence-electron chi connectivity index (χ0n) is 10.3. The van der Waals surface area contributed by atoms with Crippen LogP contribution in [-0.2, 0) is 6.54 Å². The van der Waals surface area contributed by atoms with Crippen molar-refractivity contribution in [3.05, 3.63) is 69.4 Å². The van der Waals surface area contributed by atoms with Gasteiger partial charge in [-0.05, 0) is 36.8 Å². The van der Waals surface area contributed by atoms with E-state index in [-0.39, 0.29) is 17.7 Å². The Labute approximate surface area is 108 Å². The Bertz CT molecular complexity index is 691. The van der Waals surface area contributed by atoms with Crippen molar-refractivity contribution in [3.8, 4) is 0 Å². The maximum Gasteiger partial charge on any atom is 0.335 e. The largest absolute Gasteiger partial charge is 0.478 e. The van der Waals surface area contributed by atoms with Crippen molar-refractivity contribution in [1.82, 2.24) is 4.57 Å². The summed E-state index contributed by atoms with van der Waals surface area (Å²) in [7, 11) is 0. The first kappa shape index (κ1) is 13.0. The van der Waals surface area contributed by atoms with Crippen LogP contribution in [0.5, 0.6) is 0 Å². The second-order valence-electron chi connectivity index (χ2n) is 4.24. The Balaban J connectivity index is 2.44. The van der Waals surface area contributed by atoms with E-state index in [4.69, 9.17) is 5.11 Å². The number of hydrogen-bond donors (Lipinski definition) is 1. The van der Waals surface area contributed by atoms with Crippen molar-refractivity contribution >= 4 is 5.97 Å². The highest BCUT2D eigenvalue weighted by Crippen LogP contribution is 2.11. The summed E-state index contributed by atoms with van der Waals surface area (Å²) >= 11 is 0. The van der Waals surface area contributed by atoms with E-state index in [0.717, 1.165) is 11.8 Å². The number of benzene rings is 1. The molecule has 0 atom stereocenters. The molecule has 0 aliphatic rings. The number of hydrogen-bond acceptors (Lipinski definition) is 2. The summed E-state index contributed by atoms with van der Waals surface area (Å²) in [6.07, 6.45) is 0. The van der Waals surface area contributed by atoms with Crippen LogP contribution < -0.4 is 5.56 Å². The number of carboxylic acid groups (broad SMARTS) is 1. The van der Waals surface area contributed by atoms with Crippen molar-refractivity contribution in [2.45, 2.75) is 13.5 Å². The van der Waals surface area contributed by atoms with Gasteiger partial charge in [0.2, 0.25) is 0 Å². The van der Waals surface area contributed by atoms with Crippen molar-refractivity contribution < 1.29 is 14.3 Å². The van der Waals surface area contributed by atoms with E-state index in [1.165, 1.54) is 22.8 Å². The molecule has 0 fully saturated rings. The summed E-state index contributed by atoms with van der Waals surface area (Å²) in [6, 6.07) is 8.35. The molecule has 98 valence electrons. The molecule has 0 spiro atoms. The van der Waals surface area contributed by atoms with Gasteiger partial charge >= 0.3 is 5.97 Å². The third-order valence-corrected chi connectivity index (χ3v) is 2.81. The molecule has 0 saturated carbocycles. The molecule has 2 aromatic rings. The zero-order valence-corrected chi connectivity index (χ0v) is 10.3. The molecule has 0 bridgehead atoms. The van der Waals surface area contributed by atoms with Crippen LogP contribution in [0.2, 0.25) is 0 Å². The summed E-state index contributed by atoms with van der Waals surface area (Å²) < 4.78 is 14.8. The van der Waals surface area contributed by atoms with Gasteiger partial charge in [-0.25, -0.2) is 9.18 Å². The normalized spacial score (nSPS) is 10.4. The zero-order chi connectivity index (χ0) is 14.0. The standard InChI is InChI=1S/C14H12FNO3/c1-9-3-2-4-13(17)16(9)8-10-5-11(14(18)19)7-12(15)6-10/h2-7H,8H2,1H3,(H,18,19). The van der Waals surface area contributed by atoms with Gasteiger partial charge in [-0.15, -0.1) is 0 Å². The van der Waals surface area contributed by atoms with Gasteiger partial charge in [-0.1, -0.05) is 6.07 Å². The number of aryl methyl sites for hydroxylation is 1. The molecule has 19 heavy (non-hydrogen) atoms. The van der Waals surface area contributed by atoms with E-state index in [0.29, 0.717) is 5.56 Å². The lowest BCUT2D eigenvalue weighted by Crippen LogP contribution is -2.21. The van der Waals surface area contributed by atoms with Gasteiger partial charge in [0.25, 0.3) is 5.56 Å². The van der Waals surface area contributed by atoms with Gasteiger partial charge in [0.15, 0.2) is 0 Å². The number of nitrogens with zero attached hydrogens (tertiary/aromatic N) is 1. The summed E-state index contributed by atoms with van der Waals surface area (Å²) in [5.41, 5.74) is 0.834. The van der Waals surface area contributed by atoms with Crippen LogP contribution >= 0.6 is 0 Å².